The molecule has 2 aliphatic heterocycles. The Balaban J connectivity index is 2.06. The highest BCUT2D eigenvalue weighted by Gasteiger charge is 2.49. The molecule has 1 N–H and O–H groups in total. The van der Waals surface area contributed by atoms with Crippen molar-refractivity contribution in [2.75, 3.05) is 33.4 Å². The number of nitrogens with one attached hydrogen (secondary N) is 1. The highest BCUT2D eigenvalue weighted by Crippen LogP contribution is 2.28. The van der Waals surface area contributed by atoms with Crippen LogP contribution in [0.15, 0.2) is 0 Å². The van der Waals surface area contributed by atoms with E-state index in [-0.39, 0.29) is 23.7 Å². The molecule has 2 rings (SSSR count). The lowest BCUT2D eigenvalue weighted by Crippen LogP contribution is -2.36. The van der Waals surface area contributed by atoms with Gasteiger partial charge in [-0.2, -0.15) is 0 Å². The molecule has 0 spiro atoms. The van der Waals surface area contributed by atoms with E-state index in [1.54, 1.807) is 7.11 Å². The van der Waals surface area contributed by atoms with Crippen LogP contribution in [-0.4, -0.2) is 50.1 Å². The lowest BCUT2D eigenvalue weighted by atomic mass is 10.00. The molecular weight excluding hydrogens is 184 g/mol. The molecule has 0 aliphatic carbocycles. The van der Waals surface area contributed by atoms with Crippen molar-refractivity contribution in [2.24, 2.45) is 11.8 Å². The quantitative estimate of drug-likeness (QED) is 0.581. The largest absolute Gasteiger partial charge is 0.383 e. The molecule has 0 unspecified atom stereocenters. The molecule has 78 valence electrons. The van der Waals surface area contributed by atoms with Gasteiger partial charge in [-0.25, -0.2) is 0 Å². The number of imide groups is 1. The molecule has 0 bridgehead atoms. The molecule has 0 radical (unpaired) electrons. The predicted molar refractivity (Wildman–Crippen MR) is 48.4 cm³/mol. The SMILES string of the molecule is COCCN1C(=O)[C@H]2CNC[C@@H]2C1=O. The van der Waals surface area contributed by atoms with Crippen molar-refractivity contribution in [1.82, 2.24) is 10.2 Å². The van der Waals surface area contributed by atoms with Crippen LogP contribution in [-0.2, 0) is 14.3 Å². The van der Waals surface area contributed by atoms with Gasteiger partial charge in [0.25, 0.3) is 0 Å². The first-order valence-electron chi connectivity index (χ1n) is 4.80. The molecule has 2 amide bonds. The smallest absolute Gasteiger partial charge is 0.234 e. The van der Waals surface area contributed by atoms with E-state index >= 15 is 0 Å². The maximum Gasteiger partial charge on any atom is 0.234 e. The topological polar surface area (TPSA) is 58.6 Å². The monoisotopic (exact) mass is 198 g/mol. The van der Waals surface area contributed by atoms with Crippen molar-refractivity contribution in [2.45, 2.75) is 0 Å². The van der Waals surface area contributed by atoms with Crippen LogP contribution in [0.2, 0.25) is 0 Å². The number of amides is 2. The molecule has 2 heterocycles. The Morgan fingerprint density at radius 3 is 2.43 bits per heavy atom. The van der Waals surface area contributed by atoms with Crippen molar-refractivity contribution >= 4 is 11.8 Å². The number of carbonyl (C=O) groups excluding carboxylic acids is 2. The Morgan fingerprint density at radius 2 is 1.93 bits per heavy atom. The number of hydrogen-bond donors (Lipinski definition) is 1. The highest BCUT2D eigenvalue weighted by atomic mass is 16.5. The van der Waals surface area contributed by atoms with Crippen molar-refractivity contribution in [3.8, 4) is 0 Å². The molecule has 2 fully saturated rings. The second-order valence-corrected chi connectivity index (χ2v) is 3.69. The minimum absolute atomic E-state index is 0.0398. The summed E-state index contributed by atoms with van der Waals surface area (Å²) < 4.78 is 4.86. The molecular formula is C9H14N2O3. The van der Waals surface area contributed by atoms with Gasteiger partial charge in [0.05, 0.1) is 25.0 Å². The number of likely N-dealkylation sites (tertiary alicyclic amines) is 1. The summed E-state index contributed by atoms with van der Waals surface area (Å²) in [5.74, 6) is -0.331. The van der Waals surface area contributed by atoms with Gasteiger partial charge in [0.1, 0.15) is 0 Å². The minimum atomic E-state index is -0.126. The van der Waals surface area contributed by atoms with Crippen LogP contribution in [0, 0.1) is 11.8 Å². The number of rotatable bonds is 3. The first-order valence-corrected chi connectivity index (χ1v) is 4.80. The zero-order valence-electron chi connectivity index (χ0n) is 8.16. The third-order valence-electron chi connectivity index (χ3n) is 2.90. The molecule has 14 heavy (non-hydrogen) atoms. The number of methoxy groups -OCH3 is 1. The van der Waals surface area contributed by atoms with Crippen LogP contribution in [0.25, 0.3) is 0 Å². The summed E-state index contributed by atoms with van der Waals surface area (Å²) in [5.41, 5.74) is 0. The van der Waals surface area contributed by atoms with Crippen molar-refractivity contribution in [3.63, 3.8) is 0 Å². The average molecular weight is 198 g/mol. The first-order chi connectivity index (χ1) is 6.75. The molecule has 0 aromatic heterocycles. The van der Waals surface area contributed by atoms with Gasteiger partial charge in [0.15, 0.2) is 0 Å². The summed E-state index contributed by atoms with van der Waals surface area (Å²) >= 11 is 0. The first kappa shape index (κ1) is 9.61. The van der Waals surface area contributed by atoms with E-state index in [1.807, 2.05) is 0 Å². The van der Waals surface area contributed by atoms with E-state index in [0.29, 0.717) is 26.2 Å². The Morgan fingerprint density at radius 1 is 1.36 bits per heavy atom. The second-order valence-electron chi connectivity index (χ2n) is 3.69. The summed E-state index contributed by atoms with van der Waals surface area (Å²) in [4.78, 5) is 24.8. The predicted octanol–water partition coefficient (Wildman–Crippen LogP) is -1.16. The van der Waals surface area contributed by atoms with E-state index in [2.05, 4.69) is 5.32 Å². The van der Waals surface area contributed by atoms with E-state index in [0.717, 1.165) is 0 Å². The van der Waals surface area contributed by atoms with Crippen molar-refractivity contribution in [3.05, 3.63) is 0 Å². The molecule has 0 aromatic carbocycles. The van der Waals surface area contributed by atoms with Gasteiger partial charge in [0, 0.05) is 20.2 Å². The lowest BCUT2D eigenvalue weighted by Gasteiger charge is -2.14. The van der Waals surface area contributed by atoms with Crippen molar-refractivity contribution in [1.29, 1.82) is 0 Å². The maximum absolute atomic E-state index is 11.7. The van der Waals surface area contributed by atoms with Crippen LogP contribution in [0.3, 0.4) is 0 Å². The number of ether oxygens (including phenoxy) is 1. The van der Waals surface area contributed by atoms with Gasteiger partial charge in [-0.15, -0.1) is 0 Å². The summed E-state index contributed by atoms with van der Waals surface area (Å²) in [6.07, 6.45) is 0. The number of nitrogens with zero attached hydrogens (tertiary/aromatic N) is 1. The third kappa shape index (κ3) is 1.33. The second kappa shape index (κ2) is 3.67. The Kier molecular flexibility index (Phi) is 2.52. The van der Waals surface area contributed by atoms with Crippen LogP contribution in [0.5, 0.6) is 0 Å². The number of carbonyl (C=O) groups is 2. The van der Waals surface area contributed by atoms with Gasteiger partial charge < -0.3 is 10.1 Å². The Hall–Kier alpha value is -0.940. The lowest BCUT2D eigenvalue weighted by molar-refractivity contribution is -0.140. The molecule has 5 nitrogen and oxygen atoms in total. The summed E-state index contributed by atoms with van der Waals surface area (Å²) in [7, 11) is 1.56. The normalized spacial score (nSPS) is 31.4. The fraction of sp³-hybridized carbons (Fsp3) is 0.778. The van der Waals surface area contributed by atoms with E-state index in [9.17, 15) is 9.59 Å². The third-order valence-corrected chi connectivity index (χ3v) is 2.90. The fourth-order valence-corrected chi connectivity index (χ4v) is 2.11. The fourth-order valence-electron chi connectivity index (χ4n) is 2.11. The summed E-state index contributed by atoms with van der Waals surface area (Å²) in [6.45, 7) is 2.09. The van der Waals surface area contributed by atoms with Crippen LogP contribution < -0.4 is 5.32 Å². The Labute approximate surface area is 82.4 Å². The zero-order chi connectivity index (χ0) is 10.1. The van der Waals surface area contributed by atoms with E-state index in [4.69, 9.17) is 4.74 Å². The van der Waals surface area contributed by atoms with Gasteiger partial charge >= 0.3 is 0 Å². The van der Waals surface area contributed by atoms with Crippen LogP contribution in [0.1, 0.15) is 0 Å². The number of fused-ring (bicyclic) bond motifs is 1. The van der Waals surface area contributed by atoms with Crippen molar-refractivity contribution < 1.29 is 14.3 Å². The standard InChI is InChI=1S/C9H14N2O3/c1-14-3-2-11-8(12)6-4-10-5-7(6)9(11)13/h6-7,10H,2-5H2,1H3/t6-,7-/m0/s1. The molecule has 2 saturated heterocycles. The van der Waals surface area contributed by atoms with E-state index in [1.165, 1.54) is 4.90 Å². The summed E-state index contributed by atoms with van der Waals surface area (Å²) in [6, 6.07) is 0. The molecule has 5 heteroatoms. The van der Waals surface area contributed by atoms with Gasteiger partial charge in [0.2, 0.25) is 11.8 Å². The Bertz CT molecular complexity index is 245. The van der Waals surface area contributed by atoms with Gasteiger partial charge in [-0.05, 0) is 0 Å². The maximum atomic E-state index is 11.7. The van der Waals surface area contributed by atoms with Crippen LogP contribution in [0.4, 0.5) is 0 Å². The highest BCUT2D eigenvalue weighted by molar-refractivity contribution is 6.05. The van der Waals surface area contributed by atoms with Gasteiger partial charge in [-0.1, -0.05) is 0 Å². The minimum Gasteiger partial charge on any atom is -0.383 e. The zero-order valence-corrected chi connectivity index (χ0v) is 8.16. The molecule has 2 atom stereocenters. The van der Waals surface area contributed by atoms with E-state index < -0.39 is 0 Å². The molecule has 0 aromatic rings. The molecule has 2 aliphatic rings. The number of hydrogen-bond acceptors (Lipinski definition) is 4. The van der Waals surface area contributed by atoms with Gasteiger partial charge in [-0.3, -0.25) is 14.5 Å². The van der Waals surface area contributed by atoms with Crippen LogP contribution >= 0.6 is 0 Å². The molecule has 0 saturated carbocycles. The average Bonchev–Trinajstić information content (AvgIpc) is 2.72. The summed E-state index contributed by atoms with van der Waals surface area (Å²) in [5, 5.41) is 3.06.